The number of anilines is 1. The van der Waals surface area contributed by atoms with E-state index in [4.69, 9.17) is 0 Å². The largest absolute Gasteiger partial charge is 0.374 e. The van der Waals surface area contributed by atoms with Crippen LogP contribution in [0.5, 0.6) is 0 Å². The van der Waals surface area contributed by atoms with E-state index in [1.165, 1.54) is 82.7 Å². The van der Waals surface area contributed by atoms with E-state index in [2.05, 4.69) is 168 Å². The van der Waals surface area contributed by atoms with Crippen LogP contribution in [0.1, 0.15) is 22.7 Å². The fraction of sp³-hybridized carbons (Fsp3) is 0.0233. The van der Waals surface area contributed by atoms with E-state index < -0.39 is 0 Å². The molecule has 0 amide bonds. The maximum atomic E-state index is 3.97. The third-order valence-corrected chi connectivity index (χ3v) is 9.27. The van der Waals surface area contributed by atoms with Crippen molar-refractivity contribution in [2.75, 3.05) is 5.32 Å². The fourth-order valence-electron chi connectivity index (χ4n) is 7.02. The molecule has 1 aliphatic heterocycles. The van der Waals surface area contributed by atoms with E-state index in [0.29, 0.717) is 0 Å². The van der Waals surface area contributed by atoms with Crippen molar-refractivity contribution in [1.82, 2.24) is 4.98 Å². The van der Waals surface area contributed by atoms with Gasteiger partial charge in [0.15, 0.2) is 0 Å². The number of H-pyrrole nitrogens is 1. The fourth-order valence-corrected chi connectivity index (χ4v) is 7.02. The van der Waals surface area contributed by atoms with Gasteiger partial charge in [0.2, 0.25) is 0 Å². The molecular weight excluding hydrogens is 544 g/mol. The van der Waals surface area contributed by atoms with Crippen molar-refractivity contribution < 1.29 is 0 Å². The zero-order valence-corrected chi connectivity index (χ0v) is 24.7. The summed E-state index contributed by atoms with van der Waals surface area (Å²) in [5.41, 5.74) is 12.2. The highest BCUT2D eigenvalue weighted by atomic mass is 14.9. The van der Waals surface area contributed by atoms with Gasteiger partial charge in [-0.3, -0.25) is 0 Å². The van der Waals surface area contributed by atoms with Crippen molar-refractivity contribution in [2.24, 2.45) is 0 Å². The third-order valence-electron chi connectivity index (χ3n) is 9.27. The molecule has 0 bridgehead atoms. The van der Waals surface area contributed by atoms with Gasteiger partial charge >= 0.3 is 0 Å². The molecule has 0 radical (unpaired) electrons. The van der Waals surface area contributed by atoms with E-state index in [1.807, 2.05) is 6.20 Å². The predicted molar refractivity (Wildman–Crippen MR) is 191 cm³/mol. The van der Waals surface area contributed by atoms with Crippen LogP contribution >= 0.6 is 0 Å². The number of hydrogen-bond donors (Lipinski definition) is 2. The quantitative estimate of drug-likeness (QED) is 0.215. The van der Waals surface area contributed by atoms with Crippen molar-refractivity contribution in [3.8, 4) is 22.3 Å². The molecule has 0 saturated heterocycles. The first-order valence-electron chi connectivity index (χ1n) is 15.6. The number of benzene rings is 7. The minimum Gasteiger partial charge on any atom is -0.374 e. The first kappa shape index (κ1) is 25.6. The highest BCUT2D eigenvalue weighted by molar-refractivity contribution is 6.09. The lowest BCUT2D eigenvalue weighted by Gasteiger charge is -2.30. The Morgan fingerprint density at radius 1 is 0.467 bits per heavy atom. The molecule has 1 aliphatic rings. The van der Waals surface area contributed by atoms with Gasteiger partial charge in [-0.1, -0.05) is 133 Å². The summed E-state index contributed by atoms with van der Waals surface area (Å²) >= 11 is 0. The van der Waals surface area contributed by atoms with Crippen LogP contribution in [0.25, 0.3) is 60.3 Å². The summed E-state index contributed by atoms with van der Waals surface area (Å²) in [6, 6.07) is 55.1. The molecular formula is C43H30N2. The van der Waals surface area contributed by atoms with Crippen LogP contribution in [0.4, 0.5) is 5.69 Å². The summed E-state index contributed by atoms with van der Waals surface area (Å²) in [4.78, 5) is 3.43. The van der Waals surface area contributed by atoms with Crippen LogP contribution in [0.15, 0.2) is 164 Å². The molecule has 0 aliphatic carbocycles. The molecule has 0 fully saturated rings. The summed E-state index contributed by atoms with van der Waals surface area (Å²) in [5, 5.41) is 10.2. The zero-order chi connectivity index (χ0) is 29.7. The molecule has 7 aromatic carbocycles. The smallest absolute Gasteiger partial charge is 0.0707 e. The molecule has 8 aromatic rings. The molecule has 2 nitrogen and oxygen atoms in total. The Bertz CT molecular complexity index is 2380. The van der Waals surface area contributed by atoms with Crippen LogP contribution < -0.4 is 5.32 Å². The highest BCUT2D eigenvalue weighted by Gasteiger charge is 2.26. The van der Waals surface area contributed by atoms with Gasteiger partial charge in [0.05, 0.1) is 17.2 Å². The van der Waals surface area contributed by atoms with E-state index in [0.717, 1.165) is 0 Å². The summed E-state index contributed by atoms with van der Waals surface area (Å²) < 4.78 is 0. The summed E-state index contributed by atoms with van der Waals surface area (Å²) in [5.74, 6) is 0. The maximum absolute atomic E-state index is 3.97. The molecule has 2 heterocycles. The standard InChI is InChI=1S/C43H30N2/c1-3-9-29(10-4-1)37-27-40(32-11-5-2-6-12-32)45-43-39(26-35-13-7-8-14-36(35)41(37)43)31-17-15-28(16-18-31)34-22-20-30-19-21-33-23-24-44-42(33)38(30)25-34/h1-27,40,44-45H. The lowest BCUT2D eigenvalue weighted by Crippen LogP contribution is -2.16. The van der Waals surface area contributed by atoms with Gasteiger partial charge in [0.1, 0.15) is 0 Å². The van der Waals surface area contributed by atoms with E-state index in [-0.39, 0.29) is 6.04 Å². The molecule has 212 valence electrons. The van der Waals surface area contributed by atoms with Crippen LogP contribution in [0.2, 0.25) is 0 Å². The Hall–Kier alpha value is -5.86. The van der Waals surface area contributed by atoms with Crippen molar-refractivity contribution in [3.05, 3.63) is 181 Å². The summed E-state index contributed by atoms with van der Waals surface area (Å²) in [7, 11) is 0. The van der Waals surface area contributed by atoms with Crippen LogP contribution in [0, 0.1) is 0 Å². The van der Waals surface area contributed by atoms with E-state index in [1.54, 1.807) is 0 Å². The number of aromatic amines is 1. The third kappa shape index (κ3) is 4.34. The second kappa shape index (κ2) is 10.4. The molecule has 9 rings (SSSR count). The van der Waals surface area contributed by atoms with Crippen LogP contribution in [-0.4, -0.2) is 4.98 Å². The van der Waals surface area contributed by atoms with E-state index in [9.17, 15) is 0 Å². The lowest BCUT2D eigenvalue weighted by atomic mass is 9.83. The number of rotatable bonds is 4. The molecule has 1 aromatic heterocycles. The average molecular weight is 575 g/mol. The number of nitrogens with one attached hydrogen (secondary N) is 2. The molecule has 2 heteroatoms. The van der Waals surface area contributed by atoms with Gasteiger partial charge in [-0.15, -0.1) is 0 Å². The van der Waals surface area contributed by atoms with E-state index >= 15 is 0 Å². The zero-order valence-electron chi connectivity index (χ0n) is 24.7. The van der Waals surface area contributed by atoms with Crippen molar-refractivity contribution in [3.63, 3.8) is 0 Å². The Balaban J connectivity index is 1.21. The summed E-state index contributed by atoms with van der Waals surface area (Å²) in [6.07, 6.45) is 4.41. The number of hydrogen-bond acceptors (Lipinski definition) is 1. The SMILES string of the molecule is C1=C(c2ccccc2)c2c(c(-c3ccc(-c4ccc5ccc6cc[nH]c6c5c4)cc3)cc3ccccc23)NC1c1ccccc1. The minimum absolute atomic E-state index is 0.0514. The Morgan fingerprint density at radius 3 is 2.00 bits per heavy atom. The first-order chi connectivity index (χ1) is 22.3. The second-order valence-corrected chi connectivity index (χ2v) is 11.9. The van der Waals surface area contributed by atoms with Crippen molar-refractivity contribution >= 4 is 43.7 Å². The van der Waals surface area contributed by atoms with Gasteiger partial charge < -0.3 is 10.3 Å². The molecule has 1 atom stereocenters. The molecule has 2 N–H and O–H groups in total. The van der Waals surface area contributed by atoms with Gasteiger partial charge in [0.25, 0.3) is 0 Å². The van der Waals surface area contributed by atoms with Crippen LogP contribution in [-0.2, 0) is 0 Å². The monoisotopic (exact) mass is 574 g/mol. The second-order valence-electron chi connectivity index (χ2n) is 11.9. The maximum Gasteiger partial charge on any atom is 0.0707 e. The van der Waals surface area contributed by atoms with Crippen molar-refractivity contribution in [1.29, 1.82) is 0 Å². The summed E-state index contributed by atoms with van der Waals surface area (Å²) in [6.45, 7) is 0. The van der Waals surface area contributed by atoms with Gasteiger partial charge in [0, 0.05) is 28.1 Å². The molecule has 1 unspecified atom stereocenters. The Labute approximate surface area is 262 Å². The predicted octanol–water partition coefficient (Wildman–Crippen LogP) is 11.4. The van der Waals surface area contributed by atoms with Gasteiger partial charge in [-0.05, 0) is 73.8 Å². The first-order valence-corrected chi connectivity index (χ1v) is 15.6. The lowest BCUT2D eigenvalue weighted by molar-refractivity contribution is 0.975. The normalized spacial score (nSPS) is 14.3. The topological polar surface area (TPSA) is 27.8 Å². The van der Waals surface area contributed by atoms with Gasteiger partial charge in [-0.2, -0.15) is 0 Å². The van der Waals surface area contributed by atoms with Gasteiger partial charge in [-0.25, -0.2) is 0 Å². The minimum atomic E-state index is 0.0514. The Morgan fingerprint density at radius 2 is 1.16 bits per heavy atom. The van der Waals surface area contributed by atoms with Crippen molar-refractivity contribution in [2.45, 2.75) is 6.04 Å². The Kier molecular flexibility index (Phi) is 5.92. The highest BCUT2D eigenvalue weighted by Crippen LogP contribution is 2.47. The molecule has 45 heavy (non-hydrogen) atoms. The molecule has 0 spiro atoms. The van der Waals surface area contributed by atoms with Crippen LogP contribution in [0.3, 0.4) is 0 Å². The number of aromatic nitrogens is 1. The average Bonchev–Trinajstić information content (AvgIpc) is 3.61. The molecule has 0 saturated carbocycles. The number of fused-ring (bicyclic) bond motifs is 6.